The third-order valence-corrected chi connectivity index (χ3v) is 5.45. The second-order valence-corrected chi connectivity index (χ2v) is 7.79. The van der Waals surface area contributed by atoms with Crippen molar-refractivity contribution in [1.82, 2.24) is 5.32 Å². The average molecular weight is 355 g/mol. The molecule has 1 aliphatic heterocycles. The molecule has 140 valence electrons. The Bertz CT molecular complexity index is 705. The number of rotatable bonds is 6. The number of carbonyl (C=O) groups is 1. The van der Waals surface area contributed by atoms with Crippen molar-refractivity contribution in [2.24, 2.45) is 5.92 Å². The molecule has 0 saturated carbocycles. The van der Waals surface area contributed by atoms with Gasteiger partial charge in [-0.25, -0.2) is 0 Å². The third kappa shape index (κ3) is 4.36. The van der Waals surface area contributed by atoms with Crippen LogP contribution in [0.2, 0.25) is 0 Å². The van der Waals surface area contributed by atoms with E-state index < -0.39 is 0 Å². The highest BCUT2D eigenvalue weighted by atomic mass is 16.5. The van der Waals surface area contributed by atoms with Crippen LogP contribution >= 0.6 is 0 Å². The summed E-state index contributed by atoms with van der Waals surface area (Å²) in [4.78, 5) is 12.7. The average Bonchev–Trinajstić information content (AvgIpc) is 3.14. The molecule has 0 radical (unpaired) electrons. The molecule has 1 fully saturated rings. The smallest absolute Gasteiger partial charge is 0.221 e. The van der Waals surface area contributed by atoms with Gasteiger partial charge in [0.05, 0.1) is 18.9 Å². The topological polar surface area (TPSA) is 51.5 Å². The molecule has 1 amide bonds. The van der Waals surface area contributed by atoms with Crippen LogP contribution in [0.1, 0.15) is 50.0 Å². The number of benzene rings is 1. The molecule has 1 saturated heterocycles. The summed E-state index contributed by atoms with van der Waals surface area (Å²) in [5.74, 6) is 1.27. The number of hydrogen-bond acceptors (Lipinski definition) is 3. The lowest BCUT2D eigenvalue weighted by Crippen LogP contribution is -2.44. The van der Waals surface area contributed by atoms with Crippen LogP contribution in [-0.4, -0.2) is 18.6 Å². The van der Waals surface area contributed by atoms with Gasteiger partial charge < -0.3 is 14.5 Å². The Morgan fingerprint density at radius 2 is 2.04 bits per heavy atom. The molecule has 1 aromatic carbocycles. The van der Waals surface area contributed by atoms with E-state index >= 15 is 0 Å². The van der Waals surface area contributed by atoms with E-state index in [2.05, 4.69) is 50.4 Å². The van der Waals surface area contributed by atoms with E-state index in [4.69, 9.17) is 9.15 Å². The van der Waals surface area contributed by atoms with E-state index in [9.17, 15) is 4.79 Å². The highest BCUT2D eigenvalue weighted by Crippen LogP contribution is 2.42. The van der Waals surface area contributed by atoms with Crippen LogP contribution in [0, 0.1) is 12.8 Å². The lowest BCUT2D eigenvalue weighted by Gasteiger charge is -2.42. The van der Waals surface area contributed by atoms with E-state index in [0.717, 1.165) is 18.6 Å². The first kappa shape index (κ1) is 18.7. The molecular weight excluding hydrogens is 326 g/mol. The van der Waals surface area contributed by atoms with Gasteiger partial charge in [0.2, 0.25) is 5.91 Å². The fourth-order valence-electron chi connectivity index (χ4n) is 3.78. The molecule has 4 nitrogen and oxygen atoms in total. The number of carbonyl (C=O) groups excluding carboxylic acids is 1. The van der Waals surface area contributed by atoms with E-state index in [1.807, 2.05) is 12.1 Å². The van der Waals surface area contributed by atoms with Gasteiger partial charge in [0, 0.05) is 18.4 Å². The molecule has 3 rings (SSSR count). The fraction of sp³-hybridized carbons (Fsp3) is 0.500. The molecule has 26 heavy (non-hydrogen) atoms. The van der Waals surface area contributed by atoms with E-state index in [-0.39, 0.29) is 17.4 Å². The molecule has 1 aliphatic rings. The maximum atomic E-state index is 12.7. The number of aryl methyl sites for hydroxylation is 1. The molecule has 4 heteroatoms. The first-order chi connectivity index (χ1) is 12.5. The minimum Gasteiger partial charge on any atom is -0.467 e. The molecule has 2 atom stereocenters. The Balaban J connectivity index is 1.78. The zero-order valence-electron chi connectivity index (χ0n) is 16.0. The fourth-order valence-corrected chi connectivity index (χ4v) is 3.78. The zero-order chi connectivity index (χ0) is 18.6. The zero-order valence-corrected chi connectivity index (χ0v) is 16.0. The van der Waals surface area contributed by atoms with E-state index in [1.54, 1.807) is 6.26 Å². The highest BCUT2D eigenvalue weighted by Gasteiger charge is 2.41. The van der Waals surface area contributed by atoms with Crippen molar-refractivity contribution in [2.75, 3.05) is 6.61 Å². The van der Waals surface area contributed by atoms with Crippen LogP contribution in [0.5, 0.6) is 0 Å². The Morgan fingerprint density at radius 3 is 2.69 bits per heavy atom. The van der Waals surface area contributed by atoms with Crippen molar-refractivity contribution in [3.05, 3.63) is 59.5 Å². The van der Waals surface area contributed by atoms with Crippen molar-refractivity contribution in [1.29, 1.82) is 0 Å². The lowest BCUT2D eigenvalue weighted by atomic mass is 9.68. The van der Waals surface area contributed by atoms with Crippen LogP contribution in [0.4, 0.5) is 0 Å². The molecular formula is C22H29NO3. The number of ether oxygens (including phenoxy) is 1. The summed E-state index contributed by atoms with van der Waals surface area (Å²) in [7, 11) is 0. The number of nitrogens with one attached hydrogen (secondary N) is 1. The Labute approximate surface area is 155 Å². The minimum atomic E-state index is -0.172. The van der Waals surface area contributed by atoms with E-state index in [0.29, 0.717) is 25.5 Å². The molecule has 1 aromatic heterocycles. The second-order valence-electron chi connectivity index (χ2n) is 7.79. The van der Waals surface area contributed by atoms with Crippen molar-refractivity contribution in [2.45, 2.75) is 58.1 Å². The minimum absolute atomic E-state index is 0.0615. The number of amides is 1. The maximum Gasteiger partial charge on any atom is 0.221 e. The molecule has 0 unspecified atom stereocenters. The van der Waals surface area contributed by atoms with Gasteiger partial charge in [0.15, 0.2) is 0 Å². The lowest BCUT2D eigenvalue weighted by molar-refractivity contribution is -0.125. The van der Waals surface area contributed by atoms with Crippen LogP contribution in [0.25, 0.3) is 0 Å². The molecule has 0 bridgehead atoms. The van der Waals surface area contributed by atoms with Gasteiger partial charge in [-0.1, -0.05) is 43.7 Å². The number of furan rings is 1. The number of hydrogen-bond donors (Lipinski definition) is 1. The van der Waals surface area contributed by atoms with Crippen molar-refractivity contribution in [3.8, 4) is 0 Å². The van der Waals surface area contributed by atoms with Gasteiger partial charge in [-0.15, -0.1) is 0 Å². The van der Waals surface area contributed by atoms with Crippen LogP contribution in [0.3, 0.4) is 0 Å². The SMILES string of the molecule is Cc1ccc([C@]2(CC(=O)NCc3ccco3)CCO[C@H](C(C)C)C2)cc1. The van der Waals surface area contributed by atoms with Gasteiger partial charge in [-0.05, 0) is 43.4 Å². The summed E-state index contributed by atoms with van der Waals surface area (Å²) in [5, 5.41) is 3.01. The van der Waals surface area contributed by atoms with Crippen LogP contribution in [0.15, 0.2) is 47.1 Å². The molecule has 2 heterocycles. The van der Waals surface area contributed by atoms with Gasteiger partial charge in [0.1, 0.15) is 5.76 Å². The van der Waals surface area contributed by atoms with Gasteiger partial charge >= 0.3 is 0 Å². The van der Waals surface area contributed by atoms with Crippen LogP contribution in [-0.2, 0) is 21.5 Å². The van der Waals surface area contributed by atoms with E-state index in [1.165, 1.54) is 11.1 Å². The molecule has 0 aliphatic carbocycles. The quantitative estimate of drug-likeness (QED) is 0.837. The summed E-state index contributed by atoms with van der Waals surface area (Å²) in [6, 6.07) is 12.3. The predicted octanol–water partition coefficient (Wildman–Crippen LogP) is 4.37. The molecule has 0 spiro atoms. The Kier molecular flexibility index (Phi) is 5.82. The van der Waals surface area contributed by atoms with Gasteiger partial charge in [0.25, 0.3) is 0 Å². The molecule has 2 aromatic rings. The van der Waals surface area contributed by atoms with Crippen molar-refractivity contribution in [3.63, 3.8) is 0 Å². The summed E-state index contributed by atoms with van der Waals surface area (Å²) in [5.41, 5.74) is 2.30. The third-order valence-electron chi connectivity index (χ3n) is 5.45. The Morgan fingerprint density at radius 1 is 1.27 bits per heavy atom. The van der Waals surface area contributed by atoms with Crippen LogP contribution < -0.4 is 5.32 Å². The maximum absolute atomic E-state index is 12.7. The molecule has 1 N–H and O–H groups in total. The van der Waals surface area contributed by atoms with Gasteiger partial charge in [-0.2, -0.15) is 0 Å². The highest BCUT2D eigenvalue weighted by molar-refractivity contribution is 5.77. The van der Waals surface area contributed by atoms with Crippen molar-refractivity contribution < 1.29 is 13.9 Å². The first-order valence-electron chi connectivity index (χ1n) is 9.46. The summed E-state index contributed by atoms with van der Waals surface area (Å²) in [6.07, 6.45) is 4.03. The van der Waals surface area contributed by atoms with Crippen molar-refractivity contribution >= 4 is 5.91 Å². The monoisotopic (exact) mass is 355 g/mol. The second kappa shape index (κ2) is 8.09. The standard InChI is InChI=1S/C22H29NO3/c1-16(2)20-13-22(10-12-26-20,18-8-6-17(3)7-9-18)14-21(24)23-15-19-5-4-11-25-19/h4-9,11,16,20H,10,12-15H2,1-3H3,(H,23,24)/t20-,22+/m0/s1. The van der Waals surface area contributed by atoms with Gasteiger partial charge in [-0.3, -0.25) is 4.79 Å². The predicted molar refractivity (Wildman–Crippen MR) is 102 cm³/mol. The summed E-state index contributed by atoms with van der Waals surface area (Å²) in [6.45, 7) is 7.59. The normalized spacial score (nSPS) is 23.2. The summed E-state index contributed by atoms with van der Waals surface area (Å²) < 4.78 is 11.3. The Hall–Kier alpha value is -2.07. The largest absolute Gasteiger partial charge is 0.467 e. The summed E-state index contributed by atoms with van der Waals surface area (Å²) >= 11 is 0. The first-order valence-corrected chi connectivity index (χ1v) is 9.46.